The van der Waals surface area contributed by atoms with Crippen molar-refractivity contribution in [3.63, 3.8) is 0 Å². The zero-order valence-electron chi connectivity index (χ0n) is 10.7. The van der Waals surface area contributed by atoms with Gasteiger partial charge in [-0.3, -0.25) is 10.1 Å². The van der Waals surface area contributed by atoms with Crippen molar-refractivity contribution in [2.45, 2.75) is 26.3 Å². The fourth-order valence-corrected chi connectivity index (χ4v) is 2.28. The molecule has 1 aliphatic rings. The number of hydrogen-bond donors (Lipinski definition) is 1. The Bertz CT molecular complexity index is 463. The van der Waals surface area contributed by atoms with Gasteiger partial charge >= 0.3 is 5.69 Å². The molecule has 0 amide bonds. The fourth-order valence-electron chi connectivity index (χ4n) is 2.28. The summed E-state index contributed by atoms with van der Waals surface area (Å²) in [7, 11) is 0. The molecule has 0 bridgehead atoms. The minimum Gasteiger partial charge on any atom is -0.349 e. The van der Waals surface area contributed by atoms with E-state index in [1.54, 1.807) is 19.2 Å². The van der Waals surface area contributed by atoms with Crippen molar-refractivity contribution < 1.29 is 4.92 Å². The largest absolute Gasteiger partial charge is 0.349 e. The number of rotatable bonds is 2. The first kappa shape index (κ1) is 12.8. The van der Waals surface area contributed by atoms with Gasteiger partial charge in [0, 0.05) is 30.9 Å². The highest BCUT2D eigenvalue weighted by molar-refractivity contribution is 5.61. The SMILES string of the molecule is Cc1ccnc(N2CCC(C)C(N)C2)c1[N+](=O)[O-]. The van der Waals surface area contributed by atoms with E-state index >= 15 is 0 Å². The van der Waals surface area contributed by atoms with Crippen LogP contribution in [-0.2, 0) is 0 Å². The summed E-state index contributed by atoms with van der Waals surface area (Å²) in [6, 6.07) is 1.70. The van der Waals surface area contributed by atoms with Crippen molar-refractivity contribution in [1.82, 2.24) is 4.98 Å². The zero-order valence-corrected chi connectivity index (χ0v) is 10.7. The maximum atomic E-state index is 11.1. The number of aryl methyl sites for hydroxylation is 1. The molecule has 1 aromatic heterocycles. The Hall–Kier alpha value is -1.69. The summed E-state index contributed by atoms with van der Waals surface area (Å²) in [4.78, 5) is 16.9. The van der Waals surface area contributed by atoms with Crippen molar-refractivity contribution in [3.8, 4) is 0 Å². The molecule has 2 N–H and O–H groups in total. The molecule has 0 spiro atoms. The average molecular weight is 250 g/mol. The minimum absolute atomic E-state index is 0.0423. The smallest absolute Gasteiger partial charge is 0.314 e. The second kappa shape index (κ2) is 4.89. The summed E-state index contributed by atoms with van der Waals surface area (Å²) < 4.78 is 0. The highest BCUT2D eigenvalue weighted by atomic mass is 16.6. The molecule has 1 saturated heterocycles. The monoisotopic (exact) mass is 250 g/mol. The minimum atomic E-state index is -0.360. The molecule has 6 heteroatoms. The summed E-state index contributed by atoms with van der Waals surface area (Å²) in [6.45, 7) is 5.24. The second-order valence-corrected chi connectivity index (χ2v) is 4.93. The third kappa shape index (κ3) is 2.28. The average Bonchev–Trinajstić information content (AvgIpc) is 2.32. The van der Waals surface area contributed by atoms with Crippen LogP contribution in [0.4, 0.5) is 11.5 Å². The number of hydrogen-bond acceptors (Lipinski definition) is 5. The Morgan fingerprint density at radius 3 is 2.94 bits per heavy atom. The van der Waals surface area contributed by atoms with Gasteiger partial charge in [-0.1, -0.05) is 6.92 Å². The summed E-state index contributed by atoms with van der Waals surface area (Å²) in [5.74, 6) is 0.896. The first-order valence-corrected chi connectivity index (χ1v) is 6.11. The molecule has 0 aromatic carbocycles. The molecule has 2 rings (SSSR count). The summed E-state index contributed by atoms with van der Waals surface area (Å²) >= 11 is 0. The van der Waals surface area contributed by atoms with Gasteiger partial charge in [0.2, 0.25) is 5.82 Å². The molecule has 2 atom stereocenters. The number of nitrogens with zero attached hydrogens (tertiary/aromatic N) is 3. The quantitative estimate of drug-likeness (QED) is 0.634. The number of nitro groups is 1. The van der Waals surface area contributed by atoms with E-state index in [0.29, 0.717) is 23.8 Å². The van der Waals surface area contributed by atoms with Crippen LogP contribution in [-0.4, -0.2) is 29.0 Å². The normalized spacial score (nSPS) is 24.1. The molecule has 1 aliphatic heterocycles. The Morgan fingerprint density at radius 2 is 2.33 bits per heavy atom. The maximum absolute atomic E-state index is 11.1. The summed E-state index contributed by atoms with van der Waals surface area (Å²) in [5, 5.41) is 11.1. The first-order chi connectivity index (χ1) is 8.50. The predicted molar refractivity (Wildman–Crippen MR) is 69.6 cm³/mol. The van der Waals surface area contributed by atoms with Crippen LogP contribution in [0.2, 0.25) is 0 Å². The lowest BCUT2D eigenvalue weighted by Gasteiger charge is -2.35. The molecule has 0 aliphatic carbocycles. The topological polar surface area (TPSA) is 85.3 Å². The van der Waals surface area contributed by atoms with Crippen LogP contribution in [0.25, 0.3) is 0 Å². The van der Waals surface area contributed by atoms with E-state index < -0.39 is 0 Å². The molecule has 18 heavy (non-hydrogen) atoms. The van der Waals surface area contributed by atoms with Gasteiger partial charge in [0.25, 0.3) is 0 Å². The van der Waals surface area contributed by atoms with E-state index in [0.717, 1.165) is 13.0 Å². The zero-order chi connectivity index (χ0) is 13.3. The van der Waals surface area contributed by atoms with E-state index in [-0.39, 0.29) is 16.7 Å². The predicted octanol–water partition coefficient (Wildman–Crippen LogP) is 1.47. The lowest BCUT2D eigenvalue weighted by molar-refractivity contribution is -0.384. The highest BCUT2D eigenvalue weighted by Gasteiger charge is 2.29. The fraction of sp³-hybridized carbons (Fsp3) is 0.583. The van der Waals surface area contributed by atoms with Gasteiger partial charge in [-0.2, -0.15) is 0 Å². The number of nitrogens with two attached hydrogens (primary N) is 1. The van der Waals surface area contributed by atoms with E-state index in [4.69, 9.17) is 5.73 Å². The Morgan fingerprint density at radius 1 is 1.61 bits per heavy atom. The van der Waals surface area contributed by atoms with E-state index in [2.05, 4.69) is 11.9 Å². The standard InChI is InChI=1S/C12H18N4O2/c1-8-4-6-15(7-10(8)13)12-11(16(17)18)9(2)3-5-14-12/h3,5,8,10H,4,6-7,13H2,1-2H3. The van der Waals surface area contributed by atoms with Crippen LogP contribution in [0.15, 0.2) is 12.3 Å². The van der Waals surface area contributed by atoms with Gasteiger partial charge in [0.05, 0.1) is 4.92 Å². The van der Waals surface area contributed by atoms with E-state index in [1.807, 2.05) is 4.90 Å². The van der Waals surface area contributed by atoms with Gasteiger partial charge in [0.15, 0.2) is 0 Å². The molecular formula is C12H18N4O2. The van der Waals surface area contributed by atoms with Gasteiger partial charge in [-0.25, -0.2) is 4.98 Å². The maximum Gasteiger partial charge on any atom is 0.314 e. The summed E-state index contributed by atoms with van der Waals surface area (Å²) in [6.07, 6.45) is 2.55. The Labute approximate surface area is 106 Å². The van der Waals surface area contributed by atoms with Gasteiger partial charge in [-0.05, 0) is 25.3 Å². The molecular weight excluding hydrogens is 232 g/mol. The number of pyridine rings is 1. The molecule has 1 fully saturated rings. The lowest BCUT2D eigenvalue weighted by atomic mass is 9.94. The van der Waals surface area contributed by atoms with Gasteiger partial charge < -0.3 is 10.6 Å². The van der Waals surface area contributed by atoms with Crippen LogP contribution in [0.3, 0.4) is 0 Å². The van der Waals surface area contributed by atoms with Crippen LogP contribution < -0.4 is 10.6 Å². The molecule has 98 valence electrons. The van der Waals surface area contributed by atoms with Gasteiger partial charge in [0.1, 0.15) is 0 Å². The Balaban J connectivity index is 2.34. The first-order valence-electron chi connectivity index (χ1n) is 6.11. The van der Waals surface area contributed by atoms with Crippen molar-refractivity contribution in [1.29, 1.82) is 0 Å². The molecule has 0 saturated carbocycles. The molecule has 1 aromatic rings. The third-order valence-electron chi connectivity index (χ3n) is 3.61. The molecule has 2 unspecified atom stereocenters. The van der Waals surface area contributed by atoms with Crippen molar-refractivity contribution in [3.05, 3.63) is 27.9 Å². The van der Waals surface area contributed by atoms with Crippen molar-refractivity contribution in [2.24, 2.45) is 11.7 Å². The highest BCUT2D eigenvalue weighted by Crippen LogP contribution is 2.31. The molecule has 2 heterocycles. The third-order valence-corrected chi connectivity index (χ3v) is 3.61. The number of anilines is 1. The van der Waals surface area contributed by atoms with Gasteiger partial charge in [-0.15, -0.1) is 0 Å². The second-order valence-electron chi connectivity index (χ2n) is 4.93. The van der Waals surface area contributed by atoms with Crippen molar-refractivity contribution in [2.75, 3.05) is 18.0 Å². The molecule has 6 nitrogen and oxygen atoms in total. The van der Waals surface area contributed by atoms with Crippen molar-refractivity contribution >= 4 is 11.5 Å². The van der Waals surface area contributed by atoms with Crippen LogP contribution >= 0.6 is 0 Å². The van der Waals surface area contributed by atoms with Crippen LogP contribution in [0.5, 0.6) is 0 Å². The van der Waals surface area contributed by atoms with Crippen LogP contribution in [0, 0.1) is 23.0 Å². The summed E-state index contributed by atoms with van der Waals surface area (Å²) in [5.41, 5.74) is 6.76. The van der Waals surface area contributed by atoms with Crippen LogP contribution in [0.1, 0.15) is 18.9 Å². The molecule has 0 radical (unpaired) electrons. The van der Waals surface area contributed by atoms with E-state index in [1.165, 1.54) is 0 Å². The number of aromatic nitrogens is 1. The lowest BCUT2D eigenvalue weighted by Crippen LogP contribution is -2.48. The number of piperidine rings is 1. The Kier molecular flexibility index (Phi) is 3.47. The van der Waals surface area contributed by atoms with E-state index in [9.17, 15) is 10.1 Å².